The van der Waals surface area contributed by atoms with Gasteiger partial charge in [-0.25, -0.2) is 9.59 Å². The summed E-state index contributed by atoms with van der Waals surface area (Å²) in [7, 11) is 0. The summed E-state index contributed by atoms with van der Waals surface area (Å²) in [6, 6.07) is -0.440. The lowest BCUT2D eigenvalue weighted by Crippen LogP contribution is -2.47. The summed E-state index contributed by atoms with van der Waals surface area (Å²) in [6.07, 6.45) is 2.92. The first kappa shape index (κ1) is 13.2. The second-order valence-electron chi connectivity index (χ2n) is 4.11. The van der Waals surface area contributed by atoms with Gasteiger partial charge in [0.1, 0.15) is 0 Å². The highest BCUT2D eigenvalue weighted by atomic mass is 16.4. The van der Waals surface area contributed by atoms with Crippen molar-refractivity contribution in [2.24, 2.45) is 0 Å². The van der Waals surface area contributed by atoms with Crippen molar-refractivity contribution >= 4 is 17.9 Å². The number of nitrogens with one attached hydrogen (secondary N) is 2. The molecule has 1 rings (SSSR count). The van der Waals surface area contributed by atoms with E-state index in [0.29, 0.717) is 0 Å². The zero-order chi connectivity index (χ0) is 13.0. The van der Waals surface area contributed by atoms with E-state index in [1.54, 1.807) is 0 Å². The van der Waals surface area contributed by atoms with Gasteiger partial charge in [0.2, 0.25) is 0 Å². The maximum atomic E-state index is 11.5. The van der Waals surface area contributed by atoms with Crippen LogP contribution in [0.2, 0.25) is 0 Å². The van der Waals surface area contributed by atoms with Gasteiger partial charge in [0.15, 0.2) is 0 Å². The largest absolute Gasteiger partial charge is 0.478 e. The summed E-state index contributed by atoms with van der Waals surface area (Å²) in [6.45, 7) is 2.69. The van der Waals surface area contributed by atoms with Crippen LogP contribution < -0.4 is 10.6 Å². The average molecular weight is 240 g/mol. The molecular weight excluding hydrogens is 224 g/mol. The number of urea groups is 1. The third-order valence-corrected chi connectivity index (χ3v) is 2.89. The van der Waals surface area contributed by atoms with Crippen molar-refractivity contribution in [2.45, 2.75) is 39.2 Å². The fourth-order valence-electron chi connectivity index (χ4n) is 1.30. The Morgan fingerprint density at radius 2 is 1.71 bits per heavy atom. The molecule has 1 saturated carbocycles. The quantitative estimate of drug-likeness (QED) is 0.635. The molecule has 1 aliphatic carbocycles. The van der Waals surface area contributed by atoms with Gasteiger partial charge in [0, 0.05) is 17.2 Å². The lowest BCUT2D eigenvalue weighted by molar-refractivity contribution is -0.133. The molecule has 0 aromatic heterocycles. The zero-order valence-corrected chi connectivity index (χ0v) is 9.87. The molecule has 0 bridgehead atoms. The Labute approximate surface area is 99.1 Å². The highest BCUT2D eigenvalue weighted by molar-refractivity contribution is 6.07. The maximum absolute atomic E-state index is 11.5. The molecule has 0 aromatic rings. The highest BCUT2D eigenvalue weighted by Gasteiger charge is 2.21. The number of hydrogen-bond acceptors (Lipinski definition) is 3. The molecule has 3 N–H and O–H groups in total. The van der Waals surface area contributed by atoms with Gasteiger partial charge >= 0.3 is 12.0 Å². The number of carboxylic acid groups (broad SMARTS) is 1. The summed E-state index contributed by atoms with van der Waals surface area (Å²) in [5.74, 6) is -1.85. The van der Waals surface area contributed by atoms with Crippen LogP contribution in [0.1, 0.15) is 33.1 Å². The predicted octanol–water partition coefficient (Wildman–Crippen LogP) is 0.786. The second-order valence-corrected chi connectivity index (χ2v) is 4.11. The molecule has 0 saturated heterocycles. The molecule has 0 radical (unpaired) electrons. The van der Waals surface area contributed by atoms with Gasteiger partial charge in [-0.05, 0) is 33.1 Å². The molecular formula is C11H16N2O4. The van der Waals surface area contributed by atoms with Gasteiger partial charge in [-0.2, -0.15) is 0 Å². The molecule has 1 aliphatic rings. The van der Waals surface area contributed by atoms with Gasteiger partial charge in [0.25, 0.3) is 5.91 Å². The monoisotopic (exact) mass is 240 g/mol. The number of carboxylic acids is 1. The fraction of sp³-hybridized carbons (Fsp3) is 0.545. The molecule has 6 heteroatoms. The van der Waals surface area contributed by atoms with Crippen molar-refractivity contribution < 1.29 is 19.5 Å². The molecule has 1 fully saturated rings. The molecule has 0 atom stereocenters. The van der Waals surface area contributed by atoms with E-state index in [1.165, 1.54) is 13.8 Å². The van der Waals surface area contributed by atoms with E-state index < -0.39 is 17.9 Å². The number of aliphatic carboxylic acids is 1. The van der Waals surface area contributed by atoms with E-state index >= 15 is 0 Å². The van der Waals surface area contributed by atoms with E-state index in [1.807, 2.05) is 0 Å². The molecule has 0 heterocycles. The van der Waals surface area contributed by atoms with E-state index in [2.05, 4.69) is 10.6 Å². The van der Waals surface area contributed by atoms with Crippen molar-refractivity contribution in [3.63, 3.8) is 0 Å². The lowest BCUT2D eigenvalue weighted by Gasteiger charge is -2.26. The summed E-state index contributed by atoms with van der Waals surface area (Å²) >= 11 is 0. The third-order valence-electron chi connectivity index (χ3n) is 2.89. The smallest absolute Gasteiger partial charge is 0.331 e. The Morgan fingerprint density at radius 3 is 2.12 bits per heavy atom. The first-order valence-corrected chi connectivity index (χ1v) is 5.44. The molecule has 0 spiro atoms. The number of carbonyl (C=O) groups is 3. The van der Waals surface area contributed by atoms with Gasteiger partial charge in [0.05, 0.1) is 0 Å². The Balaban J connectivity index is 2.50. The summed E-state index contributed by atoms with van der Waals surface area (Å²) < 4.78 is 0. The number of rotatable bonds is 3. The normalized spacial score (nSPS) is 16.6. The van der Waals surface area contributed by atoms with Crippen LogP contribution >= 0.6 is 0 Å². The van der Waals surface area contributed by atoms with Crippen LogP contribution in [0.3, 0.4) is 0 Å². The van der Waals surface area contributed by atoms with Crippen molar-refractivity contribution in [1.29, 1.82) is 0 Å². The van der Waals surface area contributed by atoms with Crippen LogP contribution in [-0.2, 0) is 9.59 Å². The minimum absolute atomic E-state index is 0.0289. The SMILES string of the molecule is CC(C(=O)O)=C(C)C(=O)NC(=O)NC1CCC1. The number of carbonyl (C=O) groups excluding carboxylic acids is 2. The van der Waals surface area contributed by atoms with Gasteiger partial charge in [-0.1, -0.05) is 0 Å². The fourth-order valence-corrected chi connectivity index (χ4v) is 1.30. The molecule has 0 unspecified atom stereocenters. The second kappa shape index (κ2) is 5.47. The number of amides is 3. The van der Waals surface area contributed by atoms with Crippen LogP contribution in [0.25, 0.3) is 0 Å². The van der Waals surface area contributed by atoms with Crippen molar-refractivity contribution in [3.05, 3.63) is 11.1 Å². The van der Waals surface area contributed by atoms with Crippen molar-refractivity contribution in [2.75, 3.05) is 0 Å². The summed E-state index contributed by atoms with van der Waals surface area (Å²) in [5, 5.41) is 13.4. The van der Waals surface area contributed by atoms with Crippen LogP contribution in [-0.4, -0.2) is 29.1 Å². The third kappa shape index (κ3) is 3.58. The minimum atomic E-state index is -1.17. The molecule has 17 heavy (non-hydrogen) atoms. The number of imide groups is 1. The topological polar surface area (TPSA) is 95.5 Å². The van der Waals surface area contributed by atoms with E-state index in [4.69, 9.17) is 5.11 Å². The van der Waals surface area contributed by atoms with Gasteiger partial charge in [-0.15, -0.1) is 0 Å². The highest BCUT2D eigenvalue weighted by Crippen LogP contribution is 2.17. The molecule has 3 amide bonds. The van der Waals surface area contributed by atoms with Crippen molar-refractivity contribution in [3.8, 4) is 0 Å². The summed E-state index contributed by atoms with van der Waals surface area (Å²) in [5.41, 5.74) is -0.0415. The first-order valence-electron chi connectivity index (χ1n) is 5.44. The van der Waals surface area contributed by atoms with Gasteiger partial charge < -0.3 is 10.4 Å². The van der Waals surface area contributed by atoms with Gasteiger partial charge in [-0.3, -0.25) is 10.1 Å². The summed E-state index contributed by atoms with van der Waals surface area (Å²) in [4.78, 5) is 33.5. The van der Waals surface area contributed by atoms with Crippen LogP contribution in [0.15, 0.2) is 11.1 Å². The minimum Gasteiger partial charge on any atom is -0.478 e. The van der Waals surface area contributed by atoms with E-state index in [9.17, 15) is 14.4 Å². The van der Waals surface area contributed by atoms with E-state index in [-0.39, 0.29) is 17.2 Å². The van der Waals surface area contributed by atoms with Crippen molar-refractivity contribution in [1.82, 2.24) is 10.6 Å². The zero-order valence-electron chi connectivity index (χ0n) is 9.87. The maximum Gasteiger partial charge on any atom is 0.331 e. The van der Waals surface area contributed by atoms with E-state index in [0.717, 1.165) is 19.3 Å². The molecule has 94 valence electrons. The Kier molecular flexibility index (Phi) is 4.25. The molecule has 0 aliphatic heterocycles. The number of hydrogen-bond donors (Lipinski definition) is 3. The molecule has 6 nitrogen and oxygen atoms in total. The Bertz CT molecular complexity index is 383. The standard InChI is InChI=1S/C11H16N2O4/c1-6(7(2)10(15)16)9(14)13-11(17)12-8-4-3-5-8/h8H,3-5H2,1-2H3,(H,15,16)(H2,12,13,14,17). The Morgan fingerprint density at radius 1 is 1.12 bits per heavy atom. The molecule has 0 aromatic carbocycles. The van der Waals surface area contributed by atoms with Crippen LogP contribution in [0, 0.1) is 0 Å². The lowest BCUT2D eigenvalue weighted by atomic mass is 9.93. The average Bonchev–Trinajstić information content (AvgIpc) is 2.21. The predicted molar refractivity (Wildman–Crippen MR) is 60.3 cm³/mol. The van der Waals surface area contributed by atoms with Crippen LogP contribution in [0.5, 0.6) is 0 Å². The van der Waals surface area contributed by atoms with Crippen LogP contribution in [0.4, 0.5) is 4.79 Å². The first-order chi connectivity index (χ1) is 7.91. The Hall–Kier alpha value is -1.85.